The van der Waals surface area contributed by atoms with Crippen LogP contribution in [0.2, 0.25) is 0 Å². The lowest BCUT2D eigenvalue weighted by Gasteiger charge is -2.19. The van der Waals surface area contributed by atoms with Crippen LogP contribution < -0.4 is 5.32 Å². The molecule has 0 spiro atoms. The monoisotopic (exact) mass is 1020 g/mol. The Bertz CT molecular complexity index is 1390. The summed E-state index contributed by atoms with van der Waals surface area (Å²) in [5, 5.41) is 2.73. The van der Waals surface area contributed by atoms with Gasteiger partial charge in [0.1, 0.15) is 6.61 Å². The zero-order chi connectivity index (χ0) is 51.7. The molecule has 0 rings (SSSR count). The fourth-order valence-electron chi connectivity index (χ4n) is 8.05. The smallest absolute Gasteiger partial charge is 0.472 e. The minimum Gasteiger partial charge on any atom is -0.498 e. The summed E-state index contributed by atoms with van der Waals surface area (Å²) in [6.45, 7) is 6.25. The molecule has 0 aromatic rings. The number of phosphoric acid groups is 1. The molecule has 0 bridgehead atoms. The van der Waals surface area contributed by atoms with E-state index < -0.39 is 13.9 Å². The summed E-state index contributed by atoms with van der Waals surface area (Å²) in [5.74, 6) is -0.531. The van der Waals surface area contributed by atoms with Gasteiger partial charge in [-0.1, -0.05) is 229 Å². The number of nitrogens with one attached hydrogen (secondary N) is 1. The zero-order valence-corrected chi connectivity index (χ0v) is 47.1. The third kappa shape index (κ3) is 56.4. The number of amides is 1. The molecule has 1 amide bonds. The van der Waals surface area contributed by atoms with Crippen LogP contribution >= 0.6 is 7.82 Å². The lowest BCUT2D eigenvalue weighted by atomic mass is 10.0. The first-order chi connectivity index (χ1) is 34.8. The van der Waals surface area contributed by atoms with Gasteiger partial charge in [0.15, 0.2) is 6.10 Å². The zero-order valence-electron chi connectivity index (χ0n) is 46.2. The van der Waals surface area contributed by atoms with E-state index in [4.69, 9.17) is 18.5 Å². The maximum absolute atomic E-state index is 12.8. The van der Waals surface area contributed by atoms with Crippen molar-refractivity contribution in [2.24, 2.45) is 0 Å². The van der Waals surface area contributed by atoms with Crippen LogP contribution in [0.4, 0.5) is 0 Å². The number of rotatable bonds is 55. The summed E-state index contributed by atoms with van der Waals surface area (Å²) in [5.41, 5.74) is 0. The minimum absolute atomic E-state index is 0.00945. The Kier molecular flexibility index (Phi) is 54.4. The molecule has 0 heterocycles. The molecule has 0 aliphatic heterocycles. The molecule has 1 unspecified atom stereocenters. The molecule has 412 valence electrons. The Morgan fingerprint density at radius 1 is 0.451 bits per heavy atom. The molecule has 71 heavy (non-hydrogen) atoms. The first kappa shape index (κ1) is 68.3. The number of unbranched alkanes of at least 4 members (excludes halogenated alkanes) is 29. The van der Waals surface area contributed by atoms with E-state index in [0.717, 1.165) is 77.0 Å². The number of hydrogen-bond acceptors (Lipinski definition) is 7. The maximum Gasteiger partial charge on any atom is 0.472 e. The Hall–Kier alpha value is -2.71. The molecule has 9 nitrogen and oxygen atoms in total. The van der Waals surface area contributed by atoms with Gasteiger partial charge in [-0.3, -0.25) is 18.6 Å². The normalized spacial score (nSPS) is 13.5. The van der Waals surface area contributed by atoms with Gasteiger partial charge in [-0.2, -0.15) is 0 Å². The number of carbonyl (C=O) groups excluding carboxylic acids is 2. The van der Waals surface area contributed by atoms with Crippen molar-refractivity contribution in [2.75, 3.05) is 26.4 Å². The van der Waals surface area contributed by atoms with E-state index in [-0.39, 0.29) is 44.7 Å². The topological polar surface area (TPSA) is 120 Å². The Morgan fingerprint density at radius 2 is 0.831 bits per heavy atom. The van der Waals surface area contributed by atoms with E-state index in [0.29, 0.717) is 12.8 Å². The second-order valence-electron chi connectivity index (χ2n) is 19.5. The molecule has 2 atom stereocenters. The third-order valence-electron chi connectivity index (χ3n) is 12.5. The van der Waals surface area contributed by atoms with Gasteiger partial charge in [-0.05, 0) is 96.0 Å². The Balaban J connectivity index is 4.52. The molecular formula is C61H110NO8P. The quantitative estimate of drug-likeness (QED) is 0.0203. The van der Waals surface area contributed by atoms with Crippen LogP contribution in [0.25, 0.3) is 0 Å². The molecule has 0 saturated carbocycles. The van der Waals surface area contributed by atoms with Crippen LogP contribution in [0, 0.1) is 0 Å². The van der Waals surface area contributed by atoms with Crippen LogP contribution in [0.1, 0.15) is 271 Å². The molecule has 0 radical (unpaired) electrons. The largest absolute Gasteiger partial charge is 0.498 e. The van der Waals surface area contributed by atoms with Gasteiger partial charge in [-0.25, -0.2) is 4.57 Å². The number of phosphoric ester groups is 1. The summed E-state index contributed by atoms with van der Waals surface area (Å²) in [4.78, 5) is 35.6. The summed E-state index contributed by atoms with van der Waals surface area (Å²) in [6.07, 6.45) is 69.4. The van der Waals surface area contributed by atoms with Crippen LogP contribution in [-0.2, 0) is 32.7 Å². The van der Waals surface area contributed by atoms with E-state index in [1.807, 2.05) is 6.08 Å². The molecule has 0 saturated heterocycles. The molecule has 0 aliphatic rings. The lowest BCUT2D eigenvalue weighted by molar-refractivity contribution is -0.153. The van der Waals surface area contributed by atoms with Crippen molar-refractivity contribution in [3.05, 3.63) is 73.1 Å². The molecule has 2 N–H and O–H groups in total. The first-order valence-corrected chi connectivity index (χ1v) is 30.9. The second-order valence-corrected chi connectivity index (χ2v) is 20.9. The second kappa shape index (κ2) is 56.6. The van der Waals surface area contributed by atoms with Crippen molar-refractivity contribution in [1.82, 2.24) is 5.32 Å². The fourth-order valence-corrected chi connectivity index (χ4v) is 8.80. The Morgan fingerprint density at radius 3 is 1.32 bits per heavy atom. The van der Waals surface area contributed by atoms with Crippen molar-refractivity contribution in [1.29, 1.82) is 0 Å². The van der Waals surface area contributed by atoms with Crippen molar-refractivity contribution >= 4 is 19.7 Å². The number of hydrogen-bond donors (Lipinski definition) is 2. The number of esters is 1. The standard InChI is InChI=1S/C61H110NO8P/c1-4-7-10-13-16-19-22-25-28-30-32-34-37-40-43-46-49-52-60(63)62-54-56-68-71(65,66)69-58-59(57-67-55-51-48-45-42-39-36-33-29-26-23-20-17-14-11-8-5-2)70-61(64)53-50-47-44-41-38-35-31-27-24-21-18-15-12-9-6-3/h16,19,25,27-28,31-32,34,40,43,51,55,59H,4-15,17-18,20-24,26,29-30,33,35-39,41-42,44-50,52-54,56-58H2,1-3H3,(H,62,63)(H,65,66)/b19-16-,28-25-,31-27-,34-32-,43-40-,55-51-/t59-/m1/s1. The van der Waals surface area contributed by atoms with Gasteiger partial charge >= 0.3 is 13.8 Å². The van der Waals surface area contributed by atoms with Gasteiger partial charge in [0, 0.05) is 19.4 Å². The van der Waals surface area contributed by atoms with Crippen LogP contribution in [0.5, 0.6) is 0 Å². The first-order valence-electron chi connectivity index (χ1n) is 29.4. The Labute approximate surface area is 437 Å². The lowest BCUT2D eigenvalue weighted by Crippen LogP contribution is -2.28. The molecule has 0 aromatic heterocycles. The number of ether oxygens (including phenoxy) is 2. The van der Waals surface area contributed by atoms with Gasteiger partial charge in [0.25, 0.3) is 0 Å². The van der Waals surface area contributed by atoms with Crippen LogP contribution in [0.3, 0.4) is 0 Å². The van der Waals surface area contributed by atoms with E-state index in [1.165, 1.54) is 154 Å². The van der Waals surface area contributed by atoms with E-state index in [9.17, 15) is 19.0 Å². The van der Waals surface area contributed by atoms with Crippen LogP contribution in [0.15, 0.2) is 73.1 Å². The molecule has 10 heteroatoms. The van der Waals surface area contributed by atoms with Gasteiger partial charge < -0.3 is 19.7 Å². The molecule has 0 aromatic carbocycles. The average molecular weight is 1020 g/mol. The van der Waals surface area contributed by atoms with Crippen molar-refractivity contribution in [3.8, 4) is 0 Å². The maximum atomic E-state index is 12.8. The van der Waals surface area contributed by atoms with Crippen molar-refractivity contribution in [2.45, 2.75) is 277 Å². The van der Waals surface area contributed by atoms with Crippen LogP contribution in [-0.4, -0.2) is 49.2 Å². The number of allylic oxidation sites excluding steroid dienone is 11. The fraction of sp³-hybridized carbons (Fsp3) is 0.770. The molecule has 0 aliphatic carbocycles. The van der Waals surface area contributed by atoms with Crippen molar-refractivity contribution in [3.63, 3.8) is 0 Å². The van der Waals surface area contributed by atoms with Crippen molar-refractivity contribution < 1.29 is 37.6 Å². The predicted octanol–water partition coefficient (Wildman–Crippen LogP) is 18.7. The van der Waals surface area contributed by atoms with E-state index >= 15 is 0 Å². The third-order valence-corrected chi connectivity index (χ3v) is 13.5. The summed E-state index contributed by atoms with van der Waals surface area (Å²) in [6, 6.07) is 0. The summed E-state index contributed by atoms with van der Waals surface area (Å²) < 4.78 is 34.5. The minimum atomic E-state index is -4.48. The summed E-state index contributed by atoms with van der Waals surface area (Å²) in [7, 11) is -4.48. The summed E-state index contributed by atoms with van der Waals surface area (Å²) >= 11 is 0. The highest BCUT2D eigenvalue weighted by Crippen LogP contribution is 2.43. The highest BCUT2D eigenvalue weighted by molar-refractivity contribution is 7.47. The highest BCUT2D eigenvalue weighted by Gasteiger charge is 2.25. The predicted molar refractivity (Wildman–Crippen MR) is 302 cm³/mol. The molecular weight excluding hydrogens is 906 g/mol. The van der Waals surface area contributed by atoms with Gasteiger partial charge in [0.2, 0.25) is 5.91 Å². The van der Waals surface area contributed by atoms with Gasteiger partial charge in [-0.15, -0.1) is 0 Å². The van der Waals surface area contributed by atoms with Gasteiger partial charge in [0.05, 0.1) is 19.5 Å². The average Bonchev–Trinajstić information content (AvgIpc) is 3.36. The highest BCUT2D eigenvalue weighted by atomic mass is 31.2. The molecule has 0 fully saturated rings. The van der Waals surface area contributed by atoms with E-state index in [2.05, 4.69) is 86.8 Å². The van der Waals surface area contributed by atoms with E-state index in [1.54, 1.807) is 6.26 Å². The SMILES string of the molecule is CCCCC/C=C\C/C=C\C/C=C\C/C=C\CCCC(=O)NCCOP(=O)(O)OC[C@@H](CO/C=C\CCCCCCCCCCCCCCCC)OC(=O)CCCCCCC/C=C\CCCCCCCC. The number of carbonyl (C=O) groups is 2.